The monoisotopic (exact) mass is 488 g/mol. The van der Waals surface area contributed by atoms with Crippen LogP contribution in [0.1, 0.15) is 52.4 Å². The molecule has 0 aliphatic rings. The average Bonchev–Trinajstić information content (AvgIpc) is 2.70. The number of carbonyl (C=O) groups excluding carboxylic acids is 4. The van der Waals surface area contributed by atoms with E-state index in [-0.39, 0.29) is 12.3 Å². The standard InChI is InChI=1S/C20H36N6O8/c1-10(2)7-11(22)17(30)25-13(8-15(23)27)19(32)24-12(5-3-4-6-21)18(31)26-14(20(33)34)9-16(28)29/h10-14H,3-9,21-22H2,1-2H3,(H2,23,27)(H,24,32)(H,25,30)(H,26,31)(H,28,29)(H,33,34). The lowest BCUT2D eigenvalue weighted by Gasteiger charge is -2.25. The SMILES string of the molecule is CC(C)CC(N)C(=O)NC(CC(N)=O)C(=O)NC(CCCCN)C(=O)NC(CC(=O)O)C(=O)O. The van der Waals surface area contributed by atoms with Crippen molar-refractivity contribution in [1.29, 1.82) is 0 Å². The van der Waals surface area contributed by atoms with Gasteiger partial charge >= 0.3 is 11.9 Å². The van der Waals surface area contributed by atoms with E-state index in [9.17, 15) is 28.8 Å². The van der Waals surface area contributed by atoms with E-state index in [1.54, 1.807) is 0 Å². The fourth-order valence-electron chi connectivity index (χ4n) is 2.99. The van der Waals surface area contributed by atoms with E-state index in [2.05, 4.69) is 16.0 Å². The number of rotatable bonds is 17. The summed E-state index contributed by atoms with van der Waals surface area (Å²) in [4.78, 5) is 71.4. The third-order valence-corrected chi connectivity index (χ3v) is 4.67. The minimum atomic E-state index is -1.73. The van der Waals surface area contributed by atoms with Crippen LogP contribution in [-0.2, 0) is 28.8 Å². The molecule has 194 valence electrons. The first kappa shape index (κ1) is 30.7. The highest BCUT2D eigenvalue weighted by Gasteiger charge is 2.31. The largest absolute Gasteiger partial charge is 0.481 e. The first-order valence-corrected chi connectivity index (χ1v) is 10.9. The summed E-state index contributed by atoms with van der Waals surface area (Å²) in [6.45, 7) is 3.99. The number of carboxylic acids is 2. The summed E-state index contributed by atoms with van der Waals surface area (Å²) in [5.74, 6) is -6.37. The first-order chi connectivity index (χ1) is 15.8. The van der Waals surface area contributed by atoms with Crippen molar-refractivity contribution in [3.63, 3.8) is 0 Å². The fourth-order valence-corrected chi connectivity index (χ4v) is 2.99. The van der Waals surface area contributed by atoms with Crippen LogP contribution in [0.5, 0.6) is 0 Å². The maximum atomic E-state index is 12.8. The highest BCUT2D eigenvalue weighted by molar-refractivity contribution is 5.96. The third kappa shape index (κ3) is 12.7. The Morgan fingerprint density at radius 1 is 0.794 bits per heavy atom. The summed E-state index contributed by atoms with van der Waals surface area (Å²) < 4.78 is 0. The Hall–Kier alpha value is -3.26. The van der Waals surface area contributed by atoms with Crippen molar-refractivity contribution in [2.45, 2.75) is 76.5 Å². The van der Waals surface area contributed by atoms with Crippen molar-refractivity contribution in [2.24, 2.45) is 23.1 Å². The number of nitrogens with one attached hydrogen (secondary N) is 3. The van der Waals surface area contributed by atoms with Gasteiger partial charge in [-0.2, -0.15) is 0 Å². The highest BCUT2D eigenvalue weighted by Crippen LogP contribution is 2.06. The van der Waals surface area contributed by atoms with Gasteiger partial charge in [0.2, 0.25) is 23.6 Å². The van der Waals surface area contributed by atoms with E-state index in [0.717, 1.165) is 0 Å². The van der Waals surface area contributed by atoms with Gasteiger partial charge in [0.1, 0.15) is 18.1 Å². The Kier molecular flexibility index (Phi) is 14.1. The van der Waals surface area contributed by atoms with Gasteiger partial charge in [0.15, 0.2) is 0 Å². The molecule has 0 saturated carbocycles. The van der Waals surface area contributed by atoms with Crippen LogP contribution in [0.3, 0.4) is 0 Å². The molecule has 4 unspecified atom stereocenters. The number of primary amides is 1. The second kappa shape index (κ2) is 15.6. The number of amides is 4. The number of nitrogens with two attached hydrogens (primary N) is 3. The number of unbranched alkanes of at least 4 members (excludes halogenated alkanes) is 1. The molecule has 4 atom stereocenters. The summed E-state index contributed by atoms with van der Waals surface area (Å²) >= 11 is 0. The van der Waals surface area contributed by atoms with E-state index in [1.807, 2.05) is 13.8 Å². The molecular weight excluding hydrogens is 452 g/mol. The van der Waals surface area contributed by atoms with Gasteiger partial charge in [0.25, 0.3) is 0 Å². The number of aliphatic carboxylic acids is 2. The van der Waals surface area contributed by atoms with E-state index < -0.39 is 72.6 Å². The van der Waals surface area contributed by atoms with Gasteiger partial charge in [0, 0.05) is 0 Å². The smallest absolute Gasteiger partial charge is 0.326 e. The van der Waals surface area contributed by atoms with Crippen molar-refractivity contribution < 1.29 is 39.0 Å². The summed E-state index contributed by atoms with van der Waals surface area (Å²) in [6.07, 6.45) is -0.224. The molecule has 14 nitrogen and oxygen atoms in total. The summed E-state index contributed by atoms with van der Waals surface area (Å²) in [6, 6.07) is -5.39. The molecule has 0 radical (unpaired) electrons. The quantitative estimate of drug-likeness (QED) is 0.0988. The van der Waals surface area contributed by atoms with Gasteiger partial charge in [0.05, 0.1) is 18.9 Å². The summed E-state index contributed by atoms with van der Waals surface area (Å²) in [5.41, 5.74) is 16.4. The maximum Gasteiger partial charge on any atom is 0.326 e. The number of hydrogen-bond acceptors (Lipinski definition) is 8. The molecule has 0 saturated heterocycles. The van der Waals surface area contributed by atoms with Crippen molar-refractivity contribution in [1.82, 2.24) is 16.0 Å². The molecule has 11 N–H and O–H groups in total. The van der Waals surface area contributed by atoms with Crippen molar-refractivity contribution >= 4 is 35.6 Å². The topological polar surface area (TPSA) is 257 Å². The van der Waals surface area contributed by atoms with Gasteiger partial charge in [-0.15, -0.1) is 0 Å². The molecule has 0 fully saturated rings. The molecule has 0 aromatic carbocycles. The molecule has 0 rings (SSSR count). The zero-order valence-corrected chi connectivity index (χ0v) is 19.4. The van der Waals surface area contributed by atoms with Crippen LogP contribution in [0.15, 0.2) is 0 Å². The Morgan fingerprint density at radius 2 is 1.32 bits per heavy atom. The van der Waals surface area contributed by atoms with Crippen LogP contribution >= 0.6 is 0 Å². The second-order valence-corrected chi connectivity index (χ2v) is 8.31. The zero-order chi connectivity index (χ0) is 26.4. The molecule has 0 aliphatic heterocycles. The predicted molar refractivity (Wildman–Crippen MR) is 120 cm³/mol. The molecule has 14 heteroatoms. The molecule has 0 spiro atoms. The minimum absolute atomic E-state index is 0.0400. The molecule has 34 heavy (non-hydrogen) atoms. The van der Waals surface area contributed by atoms with Crippen LogP contribution in [0.4, 0.5) is 0 Å². The van der Waals surface area contributed by atoms with E-state index in [0.29, 0.717) is 25.8 Å². The van der Waals surface area contributed by atoms with Gasteiger partial charge < -0.3 is 43.4 Å². The molecule has 0 heterocycles. The van der Waals surface area contributed by atoms with Crippen LogP contribution in [0.25, 0.3) is 0 Å². The predicted octanol–water partition coefficient (Wildman–Crippen LogP) is -2.62. The van der Waals surface area contributed by atoms with Gasteiger partial charge in [-0.3, -0.25) is 24.0 Å². The average molecular weight is 489 g/mol. The Bertz CT molecular complexity index is 745. The maximum absolute atomic E-state index is 12.8. The molecule has 0 aromatic rings. The molecule has 4 amide bonds. The molecule has 0 bridgehead atoms. The zero-order valence-electron chi connectivity index (χ0n) is 19.4. The summed E-state index contributed by atoms with van der Waals surface area (Å²) in [7, 11) is 0. The molecule has 0 aromatic heterocycles. The van der Waals surface area contributed by atoms with Gasteiger partial charge in [-0.05, 0) is 38.1 Å². The van der Waals surface area contributed by atoms with Crippen LogP contribution < -0.4 is 33.2 Å². The molecular formula is C20H36N6O8. The van der Waals surface area contributed by atoms with Crippen molar-refractivity contribution in [2.75, 3.05) is 6.54 Å². The van der Waals surface area contributed by atoms with Gasteiger partial charge in [-0.1, -0.05) is 13.8 Å². The lowest BCUT2D eigenvalue weighted by atomic mass is 10.0. The van der Waals surface area contributed by atoms with E-state index >= 15 is 0 Å². The Balaban J connectivity index is 5.55. The minimum Gasteiger partial charge on any atom is -0.481 e. The summed E-state index contributed by atoms with van der Waals surface area (Å²) in [5, 5.41) is 24.8. The van der Waals surface area contributed by atoms with Crippen molar-refractivity contribution in [3.05, 3.63) is 0 Å². The van der Waals surface area contributed by atoms with Crippen LogP contribution in [0.2, 0.25) is 0 Å². The second-order valence-electron chi connectivity index (χ2n) is 8.31. The highest BCUT2D eigenvalue weighted by atomic mass is 16.4. The lowest BCUT2D eigenvalue weighted by Crippen LogP contribution is -2.58. The fraction of sp³-hybridized carbons (Fsp3) is 0.700. The Labute approximate surface area is 197 Å². The van der Waals surface area contributed by atoms with Crippen LogP contribution in [-0.4, -0.2) is 76.5 Å². The Morgan fingerprint density at radius 3 is 1.79 bits per heavy atom. The van der Waals surface area contributed by atoms with Gasteiger partial charge in [-0.25, -0.2) is 4.79 Å². The molecule has 0 aliphatic carbocycles. The van der Waals surface area contributed by atoms with Crippen molar-refractivity contribution in [3.8, 4) is 0 Å². The number of carbonyl (C=O) groups is 6. The third-order valence-electron chi connectivity index (χ3n) is 4.67. The number of carboxylic acid groups (broad SMARTS) is 2. The van der Waals surface area contributed by atoms with E-state index in [1.165, 1.54) is 0 Å². The number of hydrogen-bond donors (Lipinski definition) is 8. The normalized spacial score (nSPS) is 14.4. The van der Waals surface area contributed by atoms with Crippen LogP contribution in [0, 0.1) is 5.92 Å². The van der Waals surface area contributed by atoms with E-state index in [4.69, 9.17) is 27.4 Å². The lowest BCUT2D eigenvalue weighted by molar-refractivity contribution is -0.147. The first-order valence-electron chi connectivity index (χ1n) is 10.9.